The van der Waals surface area contributed by atoms with Crippen LogP contribution in [0.4, 0.5) is 5.69 Å². The highest BCUT2D eigenvalue weighted by atomic mass is 16.1. The van der Waals surface area contributed by atoms with Crippen LogP contribution in [-0.4, -0.2) is 15.5 Å². The summed E-state index contributed by atoms with van der Waals surface area (Å²) in [5.41, 5.74) is 13.4. The number of carbonyl (C=O) groups excluding carboxylic acids is 1. The van der Waals surface area contributed by atoms with Crippen molar-refractivity contribution in [2.45, 2.75) is 19.4 Å². The molecule has 0 saturated carbocycles. The van der Waals surface area contributed by atoms with E-state index in [1.54, 1.807) is 6.20 Å². The summed E-state index contributed by atoms with van der Waals surface area (Å²) in [6, 6.07) is 18.5. The highest BCUT2D eigenvalue weighted by Crippen LogP contribution is 2.44. The van der Waals surface area contributed by atoms with Crippen LogP contribution in [0.25, 0.3) is 16.6 Å². The van der Waals surface area contributed by atoms with Crippen LogP contribution in [0, 0.1) is 0 Å². The molecular formula is C23H20N4O. The molecule has 1 aliphatic heterocycles. The van der Waals surface area contributed by atoms with Crippen LogP contribution in [0.1, 0.15) is 40.0 Å². The molecule has 0 fully saturated rings. The van der Waals surface area contributed by atoms with Gasteiger partial charge in [0.05, 0.1) is 23.3 Å². The van der Waals surface area contributed by atoms with E-state index in [1.807, 2.05) is 35.0 Å². The largest absolute Gasteiger partial charge is 0.374 e. The van der Waals surface area contributed by atoms with Gasteiger partial charge in [-0.15, -0.1) is 0 Å². The molecule has 0 saturated heterocycles. The highest BCUT2D eigenvalue weighted by molar-refractivity contribution is 6.06. The van der Waals surface area contributed by atoms with Gasteiger partial charge in [0.15, 0.2) is 0 Å². The lowest BCUT2D eigenvalue weighted by molar-refractivity contribution is 0.100. The molecule has 0 radical (unpaired) electrons. The molecule has 0 bridgehead atoms. The fourth-order valence-electron chi connectivity index (χ4n) is 4.24. The van der Waals surface area contributed by atoms with Gasteiger partial charge in [-0.2, -0.15) is 5.10 Å². The molecule has 4 aromatic rings. The van der Waals surface area contributed by atoms with Gasteiger partial charge in [0.25, 0.3) is 5.91 Å². The van der Waals surface area contributed by atoms with Gasteiger partial charge < -0.3 is 11.1 Å². The second-order valence-electron chi connectivity index (χ2n) is 7.04. The Hall–Kier alpha value is -3.60. The number of nitrogens with two attached hydrogens (primary N) is 1. The third-order valence-corrected chi connectivity index (χ3v) is 5.53. The van der Waals surface area contributed by atoms with Crippen LogP contribution < -0.4 is 11.1 Å². The third kappa shape index (κ3) is 2.33. The molecule has 3 heterocycles. The van der Waals surface area contributed by atoms with E-state index in [0.717, 1.165) is 34.3 Å². The van der Waals surface area contributed by atoms with E-state index in [-0.39, 0.29) is 6.04 Å². The van der Waals surface area contributed by atoms with Crippen molar-refractivity contribution in [2.24, 2.45) is 5.73 Å². The minimum atomic E-state index is -0.473. The summed E-state index contributed by atoms with van der Waals surface area (Å²) in [5, 5.41) is 8.16. The molecule has 2 aromatic carbocycles. The monoisotopic (exact) mass is 368 g/mol. The summed E-state index contributed by atoms with van der Waals surface area (Å²) in [4.78, 5) is 12.2. The lowest BCUT2D eigenvalue weighted by Gasteiger charge is -2.22. The molecule has 1 unspecified atom stereocenters. The van der Waals surface area contributed by atoms with Gasteiger partial charge in [0, 0.05) is 28.6 Å². The number of hydrogen-bond donors (Lipinski definition) is 2. The lowest BCUT2D eigenvalue weighted by atomic mass is 9.93. The molecule has 2 aromatic heterocycles. The zero-order valence-corrected chi connectivity index (χ0v) is 15.5. The molecule has 3 N–H and O–H groups in total. The SMILES string of the molecule is CCc1ccccc1C1Nc2ccccc2-c2c(C(N)=O)cnn3ccc1c23. The van der Waals surface area contributed by atoms with E-state index in [2.05, 4.69) is 47.7 Å². The molecule has 1 amide bonds. The zero-order chi connectivity index (χ0) is 19.3. The smallest absolute Gasteiger partial charge is 0.251 e. The average Bonchev–Trinajstić information content (AvgIpc) is 3.09. The zero-order valence-electron chi connectivity index (χ0n) is 15.5. The van der Waals surface area contributed by atoms with Gasteiger partial charge in [0.1, 0.15) is 0 Å². The predicted molar refractivity (Wildman–Crippen MR) is 110 cm³/mol. The normalized spacial score (nSPS) is 15.0. The Morgan fingerprint density at radius 1 is 1.11 bits per heavy atom. The van der Waals surface area contributed by atoms with Crippen LogP contribution in [0.5, 0.6) is 0 Å². The molecule has 5 rings (SSSR count). The van der Waals surface area contributed by atoms with E-state index < -0.39 is 5.91 Å². The minimum Gasteiger partial charge on any atom is -0.374 e. The number of para-hydroxylation sites is 1. The van der Waals surface area contributed by atoms with Crippen molar-refractivity contribution in [3.63, 3.8) is 0 Å². The van der Waals surface area contributed by atoms with Crippen molar-refractivity contribution < 1.29 is 4.79 Å². The Kier molecular flexibility index (Phi) is 3.69. The first-order chi connectivity index (χ1) is 13.7. The number of nitrogens with one attached hydrogen (secondary N) is 1. The molecule has 0 spiro atoms. The molecular weight excluding hydrogens is 348 g/mol. The Bertz CT molecular complexity index is 1220. The number of amides is 1. The first kappa shape index (κ1) is 16.6. The van der Waals surface area contributed by atoms with Gasteiger partial charge in [-0.3, -0.25) is 4.79 Å². The van der Waals surface area contributed by atoms with Gasteiger partial charge in [-0.1, -0.05) is 49.4 Å². The van der Waals surface area contributed by atoms with E-state index in [0.29, 0.717) is 5.56 Å². The first-order valence-electron chi connectivity index (χ1n) is 9.42. The lowest BCUT2D eigenvalue weighted by Crippen LogP contribution is -2.14. The van der Waals surface area contributed by atoms with Crippen molar-refractivity contribution >= 4 is 17.1 Å². The number of hydrogen-bond acceptors (Lipinski definition) is 3. The minimum absolute atomic E-state index is 0.0477. The molecule has 5 heteroatoms. The summed E-state index contributed by atoms with van der Waals surface area (Å²) in [6.45, 7) is 2.17. The van der Waals surface area contributed by atoms with Gasteiger partial charge in [-0.25, -0.2) is 4.52 Å². The van der Waals surface area contributed by atoms with Crippen molar-refractivity contribution in [3.05, 3.63) is 89.2 Å². The Morgan fingerprint density at radius 3 is 2.71 bits per heavy atom. The summed E-state index contributed by atoms with van der Waals surface area (Å²) in [6.07, 6.45) is 4.45. The quantitative estimate of drug-likeness (QED) is 0.570. The summed E-state index contributed by atoms with van der Waals surface area (Å²) in [7, 11) is 0. The number of nitrogens with zero attached hydrogens (tertiary/aromatic N) is 2. The number of aryl methyl sites for hydroxylation is 1. The summed E-state index contributed by atoms with van der Waals surface area (Å²) >= 11 is 0. The summed E-state index contributed by atoms with van der Waals surface area (Å²) < 4.78 is 1.84. The van der Waals surface area contributed by atoms with Crippen molar-refractivity contribution in [1.29, 1.82) is 0 Å². The van der Waals surface area contributed by atoms with E-state index in [4.69, 9.17) is 5.73 Å². The Morgan fingerprint density at radius 2 is 1.89 bits per heavy atom. The Balaban J connectivity index is 1.90. The van der Waals surface area contributed by atoms with Crippen LogP contribution in [0.15, 0.2) is 67.0 Å². The standard InChI is InChI=1S/C23H20N4O/c1-2-14-7-3-4-8-15(14)21-17-11-12-27-22(17)20(18(13-25-27)23(24)28)16-9-5-6-10-19(16)26-21/h3-13,21,26H,2H2,1H3,(H2,24,28). The molecule has 0 aliphatic carbocycles. The molecule has 5 nitrogen and oxygen atoms in total. The molecule has 138 valence electrons. The van der Waals surface area contributed by atoms with E-state index in [1.165, 1.54) is 11.1 Å². The highest BCUT2D eigenvalue weighted by Gasteiger charge is 2.29. The van der Waals surface area contributed by atoms with Gasteiger partial charge in [0.2, 0.25) is 0 Å². The fraction of sp³-hybridized carbons (Fsp3) is 0.130. The van der Waals surface area contributed by atoms with Gasteiger partial charge in [-0.05, 0) is 29.7 Å². The molecule has 28 heavy (non-hydrogen) atoms. The maximum Gasteiger partial charge on any atom is 0.251 e. The number of rotatable bonds is 3. The maximum atomic E-state index is 12.2. The third-order valence-electron chi connectivity index (χ3n) is 5.53. The number of benzene rings is 2. The predicted octanol–water partition coefficient (Wildman–Crippen LogP) is 4.18. The van der Waals surface area contributed by atoms with Crippen molar-refractivity contribution in [2.75, 3.05) is 5.32 Å². The number of aromatic nitrogens is 2. The number of fused-ring (bicyclic) bond motifs is 2. The fourth-order valence-corrected chi connectivity index (χ4v) is 4.24. The first-order valence-corrected chi connectivity index (χ1v) is 9.42. The average molecular weight is 368 g/mol. The second kappa shape index (κ2) is 6.23. The van der Waals surface area contributed by atoms with Crippen LogP contribution in [0.2, 0.25) is 0 Å². The topological polar surface area (TPSA) is 72.4 Å². The van der Waals surface area contributed by atoms with Crippen LogP contribution in [0.3, 0.4) is 0 Å². The number of primary amides is 1. The molecule has 1 atom stereocenters. The van der Waals surface area contributed by atoms with Crippen LogP contribution in [-0.2, 0) is 6.42 Å². The van der Waals surface area contributed by atoms with Crippen molar-refractivity contribution in [1.82, 2.24) is 9.61 Å². The number of anilines is 1. The second-order valence-corrected chi connectivity index (χ2v) is 7.04. The maximum absolute atomic E-state index is 12.2. The van der Waals surface area contributed by atoms with Crippen LogP contribution >= 0.6 is 0 Å². The van der Waals surface area contributed by atoms with Gasteiger partial charge >= 0.3 is 0 Å². The van der Waals surface area contributed by atoms with E-state index in [9.17, 15) is 4.79 Å². The van der Waals surface area contributed by atoms with E-state index >= 15 is 0 Å². The Labute approximate surface area is 162 Å². The molecule has 1 aliphatic rings. The van der Waals surface area contributed by atoms with Crippen molar-refractivity contribution in [3.8, 4) is 11.1 Å². The number of carbonyl (C=O) groups is 1. The summed E-state index contributed by atoms with van der Waals surface area (Å²) in [5.74, 6) is -0.473.